The minimum atomic E-state index is 0.450. The van der Waals surface area contributed by atoms with Gasteiger partial charge in [-0.1, -0.05) is 12.1 Å². The van der Waals surface area contributed by atoms with Crippen molar-refractivity contribution < 1.29 is 4.74 Å². The number of hydrogen-bond acceptors (Lipinski definition) is 3. The SMILES string of the molecule is COc1ccc(N2CCC3(CCN(Cc4cccc5[nH]ccc45)C3)C2)cc1. The number of nitrogens with zero attached hydrogens (tertiary/aromatic N) is 2. The van der Waals surface area contributed by atoms with Gasteiger partial charge in [0.15, 0.2) is 0 Å². The van der Waals surface area contributed by atoms with E-state index in [4.69, 9.17) is 4.74 Å². The molecule has 3 heterocycles. The third-order valence-corrected chi connectivity index (χ3v) is 6.47. The van der Waals surface area contributed by atoms with E-state index in [1.165, 1.54) is 54.6 Å². The predicted octanol–water partition coefficient (Wildman–Crippen LogP) is 4.28. The summed E-state index contributed by atoms with van der Waals surface area (Å²) in [6.07, 6.45) is 4.65. The lowest BCUT2D eigenvalue weighted by Gasteiger charge is -2.26. The Bertz CT molecular complexity index is 932. The number of benzene rings is 2. The second-order valence-electron chi connectivity index (χ2n) is 8.19. The Balaban J connectivity index is 1.27. The summed E-state index contributed by atoms with van der Waals surface area (Å²) in [5.41, 5.74) is 4.46. The lowest BCUT2D eigenvalue weighted by atomic mass is 9.86. The Kier molecular flexibility index (Phi) is 4.09. The number of nitrogens with one attached hydrogen (secondary N) is 1. The first-order valence-electron chi connectivity index (χ1n) is 9.91. The number of hydrogen-bond donors (Lipinski definition) is 1. The molecule has 1 N–H and O–H groups in total. The number of methoxy groups -OCH3 is 1. The molecule has 2 saturated heterocycles. The average molecular weight is 361 g/mol. The lowest BCUT2D eigenvalue weighted by Crippen LogP contribution is -2.30. The molecule has 0 saturated carbocycles. The van der Waals surface area contributed by atoms with E-state index in [9.17, 15) is 0 Å². The molecule has 2 aliphatic rings. The zero-order valence-electron chi connectivity index (χ0n) is 15.9. The van der Waals surface area contributed by atoms with Gasteiger partial charge in [0.05, 0.1) is 7.11 Å². The molecule has 140 valence electrons. The molecular weight excluding hydrogens is 334 g/mol. The second kappa shape index (κ2) is 6.61. The van der Waals surface area contributed by atoms with Gasteiger partial charge in [-0.25, -0.2) is 0 Å². The number of ether oxygens (including phenoxy) is 1. The number of H-pyrrole nitrogens is 1. The van der Waals surface area contributed by atoms with Gasteiger partial charge in [0.2, 0.25) is 0 Å². The summed E-state index contributed by atoms with van der Waals surface area (Å²) in [5, 5.41) is 1.37. The maximum Gasteiger partial charge on any atom is 0.119 e. The largest absolute Gasteiger partial charge is 0.497 e. The number of anilines is 1. The highest BCUT2D eigenvalue weighted by molar-refractivity contribution is 5.82. The highest BCUT2D eigenvalue weighted by atomic mass is 16.5. The van der Waals surface area contributed by atoms with Crippen molar-refractivity contribution in [3.63, 3.8) is 0 Å². The van der Waals surface area contributed by atoms with Gasteiger partial charge in [-0.15, -0.1) is 0 Å². The lowest BCUT2D eigenvalue weighted by molar-refractivity contribution is 0.271. The minimum absolute atomic E-state index is 0.450. The van der Waals surface area contributed by atoms with Gasteiger partial charge < -0.3 is 14.6 Å². The van der Waals surface area contributed by atoms with E-state index in [-0.39, 0.29) is 0 Å². The predicted molar refractivity (Wildman–Crippen MR) is 110 cm³/mol. The van der Waals surface area contributed by atoms with Crippen LogP contribution in [-0.4, -0.2) is 43.2 Å². The number of fused-ring (bicyclic) bond motifs is 1. The zero-order chi connectivity index (χ0) is 18.3. The van der Waals surface area contributed by atoms with Gasteiger partial charge in [0, 0.05) is 54.4 Å². The summed E-state index contributed by atoms with van der Waals surface area (Å²) in [5.74, 6) is 0.929. The van der Waals surface area contributed by atoms with Crippen LogP contribution < -0.4 is 9.64 Å². The van der Waals surface area contributed by atoms with Crippen LogP contribution in [0.15, 0.2) is 54.7 Å². The molecule has 1 atom stereocenters. The first kappa shape index (κ1) is 16.7. The third-order valence-electron chi connectivity index (χ3n) is 6.47. The minimum Gasteiger partial charge on any atom is -0.497 e. The van der Waals surface area contributed by atoms with Crippen molar-refractivity contribution in [3.05, 3.63) is 60.3 Å². The first-order chi connectivity index (χ1) is 13.2. The maximum absolute atomic E-state index is 5.29. The van der Waals surface area contributed by atoms with Crippen molar-refractivity contribution in [2.45, 2.75) is 19.4 Å². The molecule has 2 fully saturated rings. The molecule has 5 rings (SSSR count). The highest BCUT2D eigenvalue weighted by Gasteiger charge is 2.43. The van der Waals surface area contributed by atoms with Crippen molar-refractivity contribution in [3.8, 4) is 5.75 Å². The molecule has 3 aromatic rings. The number of likely N-dealkylation sites (tertiary alicyclic amines) is 1. The van der Waals surface area contributed by atoms with Crippen LogP contribution in [0.2, 0.25) is 0 Å². The van der Waals surface area contributed by atoms with Crippen molar-refractivity contribution in [2.24, 2.45) is 5.41 Å². The number of aromatic amines is 1. The molecule has 1 aromatic heterocycles. The molecule has 0 amide bonds. The smallest absolute Gasteiger partial charge is 0.119 e. The highest BCUT2D eigenvalue weighted by Crippen LogP contribution is 2.41. The molecule has 1 spiro atoms. The summed E-state index contributed by atoms with van der Waals surface area (Å²) >= 11 is 0. The van der Waals surface area contributed by atoms with Crippen LogP contribution in [-0.2, 0) is 6.54 Å². The monoisotopic (exact) mass is 361 g/mol. The van der Waals surface area contributed by atoms with Crippen LogP contribution in [0.5, 0.6) is 5.75 Å². The molecule has 0 radical (unpaired) electrons. The fraction of sp³-hybridized carbons (Fsp3) is 0.391. The van der Waals surface area contributed by atoms with Gasteiger partial charge in [-0.3, -0.25) is 4.90 Å². The fourth-order valence-corrected chi connectivity index (χ4v) is 4.97. The standard InChI is InChI=1S/C23H27N3O/c1-27-20-7-5-19(6-8-20)26-14-11-23(17-26)10-13-25(16-23)15-18-3-2-4-22-21(18)9-12-24-22/h2-9,12,24H,10-11,13-17H2,1H3. The summed E-state index contributed by atoms with van der Waals surface area (Å²) in [6.45, 7) is 5.80. The molecule has 0 bridgehead atoms. The normalized spacial score (nSPS) is 22.9. The van der Waals surface area contributed by atoms with Crippen LogP contribution in [0.1, 0.15) is 18.4 Å². The maximum atomic E-state index is 5.29. The average Bonchev–Trinajstić information content (AvgIpc) is 3.43. The summed E-state index contributed by atoms with van der Waals surface area (Å²) in [7, 11) is 1.72. The van der Waals surface area contributed by atoms with E-state index in [2.05, 4.69) is 63.3 Å². The van der Waals surface area contributed by atoms with Crippen molar-refractivity contribution >= 4 is 16.6 Å². The fourth-order valence-electron chi connectivity index (χ4n) is 4.97. The Hall–Kier alpha value is -2.46. The van der Waals surface area contributed by atoms with Gasteiger partial charge >= 0.3 is 0 Å². The van der Waals surface area contributed by atoms with Crippen LogP contribution >= 0.6 is 0 Å². The molecule has 2 aliphatic heterocycles. The van der Waals surface area contributed by atoms with Gasteiger partial charge in [-0.2, -0.15) is 0 Å². The van der Waals surface area contributed by atoms with Gasteiger partial charge in [-0.05, 0) is 61.3 Å². The topological polar surface area (TPSA) is 31.5 Å². The molecule has 4 nitrogen and oxygen atoms in total. The second-order valence-corrected chi connectivity index (χ2v) is 8.19. The third kappa shape index (κ3) is 3.08. The van der Waals surface area contributed by atoms with Crippen LogP contribution in [0.25, 0.3) is 10.9 Å². The zero-order valence-corrected chi connectivity index (χ0v) is 15.9. The van der Waals surface area contributed by atoms with Gasteiger partial charge in [0.25, 0.3) is 0 Å². The van der Waals surface area contributed by atoms with E-state index in [0.717, 1.165) is 18.8 Å². The molecule has 27 heavy (non-hydrogen) atoms. The molecule has 4 heteroatoms. The van der Waals surface area contributed by atoms with E-state index < -0.39 is 0 Å². The number of rotatable bonds is 4. The van der Waals surface area contributed by atoms with Gasteiger partial charge in [0.1, 0.15) is 5.75 Å². The van der Waals surface area contributed by atoms with Crippen LogP contribution in [0, 0.1) is 5.41 Å². The number of aromatic nitrogens is 1. The van der Waals surface area contributed by atoms with E-state index in [1.807, 2.05) is 6.20 Å². The molecule has 1 unspecified atom stereocenters. The Labute approximate surface area is 160 Å². The molecule has 0 aliphatic carbocycles. The Morgan fingerprint density at radius 1 is 1.00 bits per heavy atom. The first-order valence-corrected chi connectivity index (χ1v) is 9.91. The molecular formula is C23H27N3O. The molecule has 2 aromatic carbocycles. The van der Waals surface area contributed by atoms with Crippen LogP contribution in [0.4, 0.5) is 5.69 Å². The Morgan fingerprint density at radius 2 is 1.85 bits per heavy atom. The van der Waals surface area contributed by atoms with Crippen molar-refractivity contribution in [1.82, 2.24) is 9.88 Å². The summed E-state index contributed by atoms with van der Waals surface area (Å²) < 4.78 is 5.29. The summed E-state index contributed by atoms with van der Waals surface area (Å²) in [4.78, 5) is 8.53. The van der Waals surface area contributed by atoms with E-state index in [0.29, 0.717) is 5.41 Å². The van der Waals surface area contributed by atoms with Crippen molar-refractivity contribution in [2.75, 3.05) is 38.2 Å². The summed E-state index contributed by atoms with van der Waals surface area (Å²) in [6, 6.07) is 17.3. The van der Waals surface area contributed by atoms with E-state index >= 15 is 0 Å². The van der Waals surface area contributed by atoms with Crippen LogP contribution in [0.3, 0.4) is 0 Å². The quantitative estimate of drug-likeness (QED) is 0.753. The van der Waals surface area contributed by atoms with E-state index in [1.54, 1.807) is 7.11 Å². The van der Waals surface area contributed by atoms with Crippen molar-refractivity contribution in [1.29, 1.82) is 0 Å². The Morgan fingerprint density at radius 3 is 2.70 bits per heavy atom.